The molecule has 0 bridgehead atoms. The molecule has 5 heteroatoms. The van der Waals surface area contributed by atoms with E-state index >= 15 is 0 Å². The first kappa shape index (κ1) is 13.5. The third kappa shape index (κ3) is 3.54. The summed E-state index contributed by atoms with van der Waals surface area (Å²) in [6.07, 6.45) is 0.790. The lowest BCUT2D eigenvalue weighted by Crippen LogP contribution is -2.00. The van der Waals surface area contributed by atoms with Crippen molar-refractivity contribution in [3.8, 4) is 11.6 Å². The number of aromatic nitrogens is 1. The van der Waals surface area contributed by atoms with Crippen LogP contribution in [0.2, 0.25) is 0 Å². The standard InChI is InChI=1S/C14H12BrNO3/c1-18-14-4-2-3-11(16-14)9-19-13-6-5-10(8-17)7-12(13)15/h2-8H,9H2,1H3. The van der Waals surface area contributed by atoms with Gasteiger partial charge in [0.1, 0.15) is 18.6 Å². The number of pyridine rings is 1. The molecule has 0 saturated heterocycles. The Balaban J connectivity index is 2.07. The zero-order valence-corrected chi connectivity index (χ0v) is 11.9. The number of benzene rings is 1. The van der Waals surface area contributed by atoms with Crippen molar-refractivity contribution in [2.24, 2.45) is 0 Å². The summed E-state index contributed by atoms with van der Waals surface area (Å²) >= 11 is 3.36. The molecule has 0 fully saturated rings. The summed E-state index contributed by atoms with van der Waals surface area (Å²) in [5.41, 5.74) is 1.37. The van der Waals surface area contributed by atoms with Crippen LogP contribution in [0.3, 0.4) is 0 Å². The van der Waals surface area contributed by atoms with Crippen molar-refractivity contribution in [2.45, 2.75) is 6.61 Å². The molecule has 19 heavy (non-hydrogen) atoms. The number of aldehydes is 1. The van der Waals surface area contributed by atoms with Crippen LogP contribution < -0.4 is 9.47 Å². The van der Waals surface area contributed by atoms with E-state index in [0.717, 1.165) is 16.5 Å². The summed E-state index contributed by atoms with van der Waals surface area (Å²) in [5, 5.41) is 0. The lowest BCUT2D eigenvalue weighted by atomic mass is 10.2. The van der Waals surface area contributed by atoms with Crippen molar-refractivity contribution in [2.75, 3.05) is 7.11 Å². The maximum Gasteiger partial charge on any atom is 0.213 e. The predicted octanol–water partition coefficient (Wildman–Crippen LogP) is 3.24. The normalized spacial score (nSPS) is 10.0. The van der Waals surface area contributed by atoms with Gasteiger partial charge in [0.25, 0.3) is 0 Å². The Morgan fingerprint density at radius 1 is 1.32 bits per heavy atom. The van der Waals surface area contributed by atoms with E-state index in [4.69, 9.17) is 9.47 Å². The molecule has 0 N–H and O–H groups in total. The molecule has 98 valence electrons. The van der Waals surface area contributed by atoms with Crippen molar-refractivity contribution < 1.29 is 14.3 Å². The van der Waals surface area contributed by atoms with Crippen LogP contribution in [0.1, 0.15) is 16.1 Å². The minimum absolute atomic E-state index is 0.330. The largest absolute Gasteiger partial charge is 0.486 e. The van der Waals surface area contributed by atoms with Gasteiger partial charge in [0.05, 0.1) is 17.3 Å². The maximum absolute atomic E-state index is 10.6. The van der Waals surface area contributed by atoms with Gasteiger partial charge in [-0.15, -0.1) is 0 Å². The Hall–Kier alpha value is -1.88. The Kier molecular flexibility index (Phi) is 4.52. The molecule has 0 unspecified atom stereocenters. The van der Waals surface area contributed by atoms with Crippen LogP contribution in [0.15, 0.2) is 40.9 Å². The summed E-state index contributed by atoms with van der Waals surface area (Å²) in [4.78, 5) is 14.9. The molecule has 4 nitrogen and oxygen atoms in total. The third-order valence-corrected chi connectivity index (χ3v) is 3.08. The van der Waals surface area contributed by atoms with Crippen molar-refractivity contribution in [3.05, 3.63) is 52.1 Å². The second-order valence-corrected chi connectivity index (χ2v) is 4.62. The van der Waals surface area contributed by atoms with Gasteiger partial charge in [-0.3, -0.25) is 4.79 Å². The molecule has 0 saturated carbocycles. The molecule has 0 aliphatic rings. The highest BCUT2D eigenvalue weighted by molar-refractivity contribution is 9.10. The topological polar surface area (TPSA) is 48.4 Å². The molecular formula is C14H12BrNO3. The molecule has 1 aromatic carbocycles. The second-order valence-electron chi connectivity index (χ2n) is 3.77. The summed E-state index contributed by atoms with van der Waals surface area (Å²) in [6, 6.07) is 10.6. The summed E-state index contributed by atoms with van der Waals surface area (Å²) in [7, 11) is 1.57. The van der Waals surface area contributed by atoms with E-state index in [9.17, 15) is 4.79 Å². The minimum Gasteiger partial charge on any atom is -0.486 e. The Labute approximate surface area is 119 Å². The summed E-state index contributed by atoms with van der Waals surface area (Å²) in [6.45, 7) is 0.330. The fraction of sp³-hybridized carbons (Fsp3) is 0.143. The molecule has 1 aromatic heterocycles. The molecule has 2 rings (SSSR count). The minimum atomic E-state index is 0.330. The average Bonchev–Trinajstić information content (AvgIpc) is 2.46. The molecule has 0 radical (unpaired) electrons. The van der Waals surface area contributed by atoms with Gasteiger partial charge >= 0.3 is 0 Å². The van der Waals surface area contributed by atoms with Crippen LogP contribution >= 0.6 is 15.9 Å². The quantitative estimate of drug-likeness (QED) is 0.793. The highest BCUT2D eigenvalue weighted by Gasteiger charge is 2.04. The molecule has 0 aliphatic carbocycles. The molecule has 0 atom stereocenters. The zero-order chi connectivity index (χ0) is 13.7. The number of methoxy groups -OCH3 is 1. The molecule has 2 aromatic rings. The van der Waals surface area contributed by atoms with Crippen molar-refractivity contribution in [3.63, 3.8) is 0 Å². The first-order valence-corrected chi connectivity index (χ1v) is 6.39. The van der Waals surface area contributed by atoms with E-state index in [1.54, 1.807) is 31.4 Å². The number of hydrogen-bond acceptors (Lipinski definition) is 4. The zero-order valence-electron chi connectivity index (χ0n) is 10.3. The highest BCUT2D eigenvalue weighted by Crippen LogP contribution is 2.26. The van der Waals surface area contributed by atoms with Gasteiger partial charge in [0, 0.05) is 11.6 Å². The van der Waals surface area contributed by atoms with E-state index in [1.165, 1.54) is 0 Å². The van der Waals surface area contributed by atoms with Gasteiger partial charge in [-0.2, -0.15) is 0 Å². The van der Waals surface area contributed by atoms with E-state index < -0.39 is 0 Å². The van der Waals surface area contributed by atoms with Crippen LogP contribution in [-0.4, -0.2) is 18.4 Å². The number of carbonyl (C=O) groups excluding carboxylic acids is 1. The van der Waals surface area contributed by atoms with E-state index in [1.807, 2.05) is 12.1 Å². The van der Waals surface area contributed by atoms with Crippen LogP contribution in [0, 0.1) is 0 Å². The fourth-order valence-corrected chi connectivity index (χ4v) is 2.02. The van der Waals surface area contributed by atoms with E-state index in [0.29, 0.717) is 23.8 Å². The average molecular weight is 322 g/mol. The van der Waals surface area contributed by atoms with Crippen molar-refractivity contribution in [1.29, 1.82) is 0 Å². The third-order valence-electron chi connectivity index (χ3n) is 2.46. The summed E-state index contributed by atoms with van der Waals surface area (Å²) in [5.74, 6) is 1.21. The van der Waals surface area contributed by atoms with Crippen LogP contribution in [0.5, 0.6) is 11.6 Å². The molecule has 0 aliphatic heterocycles. The predicted molar refractivity (Wildman–Crippen MR) is 74.7 cm³/mol. The number of carbonyl (C=O) groups is 1. The molecule has 0 amide bonds. The smallest absolute Gasteiger partial charge is 0.213 e. The SMILES string of the molecule is COc1cccc(COc2ccc(C=O)cc2Br)n1. The van der Waals surface area contributed by atoms with Gasteiger partial charge in [0.2, 0.25) is 5.88 Å². The fourth-order valence-electron chi connectivity index (χ4n) is 1.51. The Morgan fingerprint density at radius 3 is 2.84 bits per heavy atom. The van der Waals surface area contributed by atoms with Crippen LogP contribution in [-0.2, 0) is 6.61 Å². The van der Waals surface area contributed by atoms with Crippen LogP contribution in [0.25, 0.3) is 0 Å². The number of halogens is 1. The molecule has 1 heterocycles. The van der Waals surface area contributed by atoms with Crippen molar-refractivity contribution >= 4 is 22.2 Å². The number of hydrogen-bond donors (Lipinski definition) is 0. The number of nitrogens with zero attached hydrogens (tertiary/aromatic N) is 1. The molecular weight excluding hydrogens is 310 g/mol. The van der Waals surface area contributed by atoms with Gasteiger partial charge in [0.15, 0.2) is 0 Å². The maximum atomic E-state index is 10.6. The lowest BCUT2D eigenvalue weighted by Gasteiger charge is -2.08. The summed E-state index contributed by atoms with van der Waals surface area (Å²) < 4.78 is 11.4. The highest BCUT2D eigenvalue weighted by atomic mass is 79.9. The van der Waals surface area contributed by atoms with E-state index in [2.05, 4.69) is 20.9 Å². The monoisotopic (exact) mass is 321 g/mol. The van der Waals surface area contributed by atoms with Gasteiger partial charge in [-0.05, 0) is 40.2 Å². The Bertz CT molecular complexity index is 587. The van der Waals surface area contributed by atoms with Gasteiger partial charge in [-0.1, -0.05) is 6.07 Å². The van der Waals surface area contributed by atoms with Crippen molar-refractivity contribution in [1.82, 2.24) is 4.98 Å². The second kappa shape index (κ2) is 6.33. The van der Waals surface area contributed by atoms with Crippen LogP contribution in [0.4, 0.5) is 0 Å². The number of rotatable bonds is 5. The first-order chi connectivity index (χ1) is 9.22. The van der Waals surface area contributed by atoms with Gasteiger partial charge < -0.3 is 9.47 Å². The van der Waals surface area contributed by atoms with E-state index in [-0.39, 0.29) is 0 Å². The Morgan fingerprint density at radius 2 is 2.16 bits per heavy atom. The lowest BCUT2D eigenvalue weighted by molar-refractivity contribution is 0.112. The molecule has 0 spiro atoms. The first-order valence-electron chi connectivity index (χ1n) is 5.60. The number of ether oxygens (including phenoxy) is 2. The van der Waals surface area contributed by atoms with Gasteiger partial charge in [-0.25, -0.2) is 4.98 Å².